The Kier molecular flexibility index (Phi) is 5.28. The molecule has 1 atom stereocenters. The minimum atomic E-state index is -4.75. The zero-order chi connectivity index (χ0) is 24.0. The average Bonchev–Trinajstić information content (AvgIpc) is 3.04. The summed E-state index contributed by atoms with van der Waals surface area (Å²) in [4.78, 5) is 7.95. The summed E-state index contributed by atoms with van der Waals surface area (Å²) in [6.45, 7) is 0.694. The van der Waals surface area contributed by atoms with E-state index >= 15 is 0 Å². The molecule has 3 heterocycles. The van der Waals surface area contributed by atoms with Crippen LogP contribution in [0.5, 0.6) is 0 Å². The van der Waals surface area contributed by atoms with E-state index < -0.39 is 27.1 Å². The summed E-state index contributed by atoms with van der Waals surface area (Å²) in [6, 6.07) is 5.69. The summed E-state index contributed by atoms with van der Waals surface area (Å²) in [7, 11) is -4.49. The van der Waals surface area contributed by atoms with Crippen molar-refractivity contribution in [3.63, 3.8) is 0 Å². The molecule has 33 heavy (non-hydrogen) atoms. The van der Waals surface area contributed by atoms with Gasteiger partial charge in [-0.05, 0) is 37.3 Å². The van der Waals surface area contributed by atoms with Gasteiger partial charge in [0.15, 0.2) is 0 Å². The molecule has 1 N–H and O–H groups in total. The number of nitriles is 2. The Morgan fingerprint density at radius 1 is 1.15 bits per heavy atom. The Labute approximate surface area is 186 Å². The van der Waals surface area contributed by atoms with Crippen LogP contribution in [0.25, 0.3) is 28.1 Å². The van der Waals surface area contributed by atoms with E-state index in [1.807, 2.05) is 6.07 Å². The van der Waals surface area contributed by atoms with Gasteiger partial charge >= 0.3 is 6.18 Å². The normalized spacial score (nSPS) is 14.3. The molecule has 166 valence electrons. The highest BCUT2D eigenvalue weighted by Gasteiger charge is 2.39. The predicted molar refractivity (Wildman–Crippen MR) is 112 cm³/mol. The molecule has 0 fully saturated rings. The molecular weight excluding hydrogens is 457 g/mol. The van der Waals surface area contributed by atoms with Crippen LogP contribution in [-0.2, 0) is 10.0 Å². The van der Waals surface area contributed by atoms with Gasteiger partial charge < -0.3 is 0 Å². The SMILES string of the molecule is C[C@@H](NS(=O)(=O)c1ccc(-c2c(C#N)c3cc(C#N)cnc3n2C2=CC=C2)nc1)C(F)(F)F. The van der Waals surface area contributed by atoms with Crippen molar-refractivity contribution in [2.75, 3.05) is 0 Å². The van der Waals surface area contributed by atoms with Gasteiger partial charge in [-0.1, -0.05) is 6.08 Å². The number of hydrogen-bond donors (Lipinski definition) is 1. The van der Waals surface area contributed by atoms with Crippen LogP contribution in [0.1, 0.15) is 18.1 Å². The van der Waals surface area contributed by atoms with Crippen molar-refractivity contribution in [3.8, 4) is 23.5 Å². The minimum Gasteiger partial charge on any atom is -0.291 e. The maximum absolute atomic E-state index is 12.8. The van der Waals surface area contributed by atoms with E-state index in [0.29, 0.717) is 29.3 Å². The lowest BCUT2D eigenvalue weighted by atomic mass is 10.1. The second-order valence-electron chi connectivity index (χ2n) is 7.09. The quantitative estimate of drug-likeness (QED) is 0.609. The first kappa shape index (κ1) is 22.2. The van der Waals surface area contributed by atoms with Crippen LogP contribution < -0.4 is 4.72 Å². The Morgan fingerprint density at radius 2 is 1.88 bits per heavy atom. The van der Waals surface area contributed by atoms with Gasteiger partial charge in [0.2, 0.25) is 10.0 Å². The molecule has 0 unspecified atom stereocenters. The van der Waals surface area contributed by atoms with Crippen molar-refractivity contribution in [1.82, 2.24) is 19.3 Å². The number of rotatable bonds is 5. The largest absolute Gasteiger partial charge is 0.404 e. The van der Waals surface area contributed by atoms with E-state index in [9.17, 15) is 32.1 Å². The number of alkyl halides is 3. The number of sulfonamides is 1. The van der Waals surface area contributed by atoms with E-state index in [4.69, 9.17) is 0 Å². The molecule has 8 nitrogen and oxygen atoms in total. The number of aromatic nitrogens is 3. The summed E-state index contributed by atoms with van der Waals surface area (Å²) < 4.78 is 66.2. The topological polar surface area (TPSA) is 124 Å². The molecule has 4 rings (SSSR count). The van der Waals surface area contributed by atoms with Crippen LogP contribution >= 0.6 is 0 Å². The van der Waals surface area contributed by atoms with Crippen LogP contribution in [0, 0.1) is 22.7 Å². The summed E-state index contributed by atoms with van der Waals surface area (Å²) in [5.74, 6) is 0. The molecule has 0 amide bonds. The third-order valence-corrected chi connectivity index (χ3v) is 6.48. The van der Waals surface area contributed by atoms with E-state index in [0.717, 1.165) is 12.3 Å². The number of pyridine rings is 2. The van der Waals surface area contributed by atoms with Gasteiger partial charge in [0.1, 0.15) is 28.7 Å². The molecule has 0 saturated carbocycles. The summed E-state index contributed by atoms with van der Waals surface area (Å²) >= 11 is 0. The smallest absolute Gasteiger partial charge is 0.291 e. The molecule has 0 saturated heterocycles. The summed E-state index contributed by atoms with van der Waals surface area (Å²) in [6.07, 6.45) is 2.85. The molecule has 0 aliphatic heterocycles. The lowest BCUT2D eigenvalue weighted by molar-refractivity contribution is -0.147. The highest BCUT2D eigenvalue weighted by molar-refractivity contribution is 7.89. The first-order valence-electron chi connectivity index (χ1n) is 9.35. The molecule has 0 bridgehead atoms. The zero-order valence-corrected chi connectivity index (χ0v) is 17.6. The molecular formula is C21H13F3N6O2S. The van der Waals surface area contributed by atoms with Crippen molar-refractivity contribution in [2.45, 2.75) is 24.0 Å². The predicted octanol–water partition coefficient (Wildman–Crippen LogP) is 3.48. The maximum atomic E-state index is 12.8. The fourth-order valence-corrected chi connectivity index (χ4v) is 4.39. The maximum Gasteiger partial charge on any atom is 0.404 e. The Bertz CT molecular complexity index is 1520. The number of fused-ring (bicyclic) bond motifs is 1. The first-order valence-corrected chi connectivity index (χ1v) is 10.8. The van der Waals surface area contributed by atoms with E-state index in [1.54, 1.807) is 27.5 Å². The average molecular weight is 470 g/mol. The summed E-state index contributed by atoms with van der Waals surface area (Å²) in [5.41, 5.74) is 2.02. The lowest BCUT2D eigenvalue weighted by Gasteiger charge is -2.17. The molecule has 0 radical (unpaired) electrons. The standard InChI is InChI=1S/C21H13F3N6O2S/c1-12(21(22,23)24)29-33(31,32)15-5-6-18(27-11-15)19-17(9-26)16-7-13(8-25)10-28-20(16)30(19)14-3-2-4-14/h2-7,10-12,29H,1H3/t12-/m1/s1. The molecule has 1 aliphatic carbocycles. The number of halogens is 3. The molecule has 3 aromatic heterocycles. The van der Waals surface area contributed by atoms with E-state index in [1.165, 1.54) is 18.3 Å². The van der Waals surface area contributed by atoms with E-state index in [2.05, 4.69) is 16.0 Å². The van der Waals surface area contributed by atoms with Crippen LogP contribution in [-0.4, -0.2) is 35.2 Å². The second-order valence-corrected chi connectivity index (χ2v) is 8.81. The zero-order valence-electron chi connectivity index (χ0n) is 16.8. The highest BCUT2D eigenvalue weighted by Crippen LogP contribution is 2.36. The minimum absolute atomic E-state index is 0.169. The molecule has 0 spiro atoms. The van der Waals surface area contributed by atoms with Crippen molar-refractivity contribution >= 4 is 26.8 Å². The number of allylic oxidation sites excluding steroid dienone is 4. The van der Waals surface area contributed by atoms with Gasteiger partial charge in [-0.3, -0.25) is 9.55 Å². The van der Waals surface area contributed by atoms with Crippen molar-refractivity contribution in [3.05, 3.63) is 59.9 Å². The van der Waals surface area contributed by atoms with Crippen molar-refractivity contribution in [1.29, 1.82) is 10.5 Å². The Balaban J connectivity index is 1.83. The number of hydrogen-bond acceptors (Lipinski definition) is 6. The third-order valence-electron chi connectivity index (χ3n) is 4.95. The summed E-state index contributed by atoms with van der Waals surface area (Å²) in [5, 5.41) is 19.4. The van der Waals surface area contributed by atoms with Gasteiger partial charge in [-0.15, -0.1) is 0 Å². The van der Waals surface area contributed by atoms with Crippen molar-refractivity contribution in [2.24, 2.45) is 0 Å². The Morgan fingerprint density at radius 3 is 2.39 bits per heavy atom. The van der Waals surface area contributed by atoms with Gasteiger partial charge in [-0.25, -0.2) is 13.4 Å². The Hall–Kier alpha value is -4.00. The number of nitrogens with zero attached hydrogens (tertiary/aromatic N) is 5. The first-order chi connectivity index (χ1) is 15.6. The molecule has 12 heteroatoms. The monoisotopic (exact) mass is 470 g/mol. The van der Waals surface area contributed by atoms with Crippen LogP contribution in [0.2, 0.25) is 0 Å². The third kappa shape index (κ3) is 3.86. The van der Waals surface area contributed by atoms with E-state index in [-0.39, 0.29) is 16.8 Å². The number of nitrogens with one attached hydrogen (secondary N) is 1. The van der Waals surface area contributed by atoms with Gasteiger partial charge in [0.05, 0.1) is 22.5 Å². The molecule has 1 aliphatic rings. The molecule has 3 aromatic rings. The van der Waals surface area contributed by atoms with Crippen LogP contribution in [0.3, 0.4) is 0 Å². The fourth-order valence-electron chi connectivity index (χ4n) is 3.21. The van der Waals surface area contributed by atoms with Crippen LogP contribution in [0.15, 0.2) is 53.7 Å². The second kappa shape index (κ2) is 7.85. The lowest BCUT2D eigenvalue weighted by Crippen LogP contribution is -2.42. The van der Waals surface area contributed by atoms with Gasteiger partial charge in [0.25, 0.3) is 0 Å². The van der Waals surface area contributed by atoms with Gasteiger partial charge in [0, 0.05) is 23.5 Å². The molecule has 0 aromatic carbocycles. The fraction of sp³-hybridized carbons (Fsp3) is 0.143. The highest BCUT2D eigenvalue weighted by atomic mass is 32.2. The van der Waals surface area contributed by atoms with Gasteiger partial charge in [-0.2, -0.15) is 28.4 Å². The van der Waals surface area contributed by atoms with Crippen LogP contribution in [0.4, 0.5) is 13.2 Å². The van der Waals surface area contributed by atoms with Crippen molar-refractivity contribution < 1.29 is 21.6 Å².